The Labute approximate surface area is 148 Å². The summed E-state index contributed by atoms with van der Waals surface area (Å²) in [6, 6.07) is 15.4. The lowest BCUT2D eigenvalue weighted by Gasteiger charge is -2.08. The number of carbonyl (C=O) groups excluding carboxylic acids is 1. The van der Waals surface area contributed by atoms with Crippen LogP contribution in [0.1, 0.15) is 25.7 Å². The summed E-state index contributed by atoms with van der Waals surface area (Å²) in [5, 5.41) is 2.77. The number of hydrogen-bond acceptors (Lipinski definition) is 4. The Bertz CT molecular complexity index is 792. The highest BCUT2D eigenvalue weighted by molar-refractivity contribution is 7.89. The third-order valence-electron chi connectivity index (χ3n) is 3.66. The first kappa shape index (κ1) is 19.0. The second-order valence-corrected chi connectivity index (χ2v) is 7.42. The molecule has 4 N–H and O–H groups in total. The van der Waals surface area contributed by atoms with Crippen LogP contribution in [0.2, 0.25) is 0 Å². The summed E-state index contributed by atoms with van der Waals surface area (Å²) in [5.74, 6) is -0.0947. The van der Waals surface area contributed by atoms with Gasteiger partial charge in [0.05, 0.1) is 16.3 Å². The lowest BCUT2D eigenvalue weighted by atomic mass is 10.2. The number of benzene rings is 2. The summed E-state index contributed by atoms with van der Waals surface area (Å²) < 4.78 is 26.6. The quantitative estimate of drug-likeness (QED) is 0.472. The van der Waals surface area contributed by atoms with Gasteiger partial charge in [-0.15, -0.1) is 0 Å². The van der Waals surface area contributed by atoms with E-state index in [4.69, 9.17) is 5.73 Å². The van der Waals surface area contributed by atoms with E-state index in [1.807, 2.05) is 12.1 Å². The smallest absolute Gasteiger partial charge is 0.240 e. The Hall–Kier alpha value is -2.38. The van der Waals surface area contributed by atoms with Gasteiger partial charge in [-0.05, 0) is 37.1 Å². The van der Waals surface area contributed by atoms with Crippen molar-refractivity contribution < 1.29 is 13.2 Å². The monoisotopic (exact) mass is 361 g/mol. The Morgan fingerprint density at radius 1 is 0.920 bits per heavy atom. The van der Waals surface area contributed by atoms with Crippen LogP contribution in [0.4, 0.5) is 11.4 Å². The van der Waals surface area contributed by atoms with Crippen molar-refractivity contribution in [3.8, 4) is 0 Å². The van der Waals surface area contributed by atoms with Crippen molar-refractivity contribution in [1.82, 2.24) is 4.72 Å². The molecule has 0 unspecified atom stereocenters. The first-order valence-electron chi connectivity index (χ1n) is 8.18. The molecule has 0 aliphatic carbocycles. The maximum atomic E-state index is 12.0. The molecule has 7 heteroatoms. The highest BCUT2D eigenvalue weighted by Gasteiger charge is 2.12. The highest BCUT2D eigenvalue weighted by atomic mass is 32.2. The summed E-state index contributed by atoms with van der Waals surface area (Å²) in [6.07, 6.45) is 2.49. The van der Waals surface area contributed by atoms with Crippen LogP contribution >= 0.6 is 0 Å². The van der Waals surface area contributed by atoms with Gasteiger partial charge in [0.1, 0.15) is 0 Å². The first-order chi connectivity index (χ1) is 12.0. The summed E-state index contributed by atoms with van der Waals surface area (Å²) in [4.78, 5) is 12.1. The molecule has 0 heterocycles. The molecular formula is C18H23N3O3S. The molecular weight excluding hydrogens is 338 g/mol. The predicted octanol–water partition coefficient (Wildman–Crippen LogP) is 2.75. The van der Waals surface area contributed by atoms with E-state index in [-0.39, 0.29) is 10.8 Å². The SMILES string of the molecule is Nc1ccccc1NC(=O)CCCCCNS(=O)(=O)c1ccccc1. The number of hydrogen-bond donors (Lipinski definition) is 3. The van der Waals surface area contributed by atoms with Gasteiger partial charge in [0.15, 0.2) is 0 Å². The topological polar surface area (TPSA) is 101 Å². The second-order valence-electron chi connectivity index (χ2n) is 5.66. The molecule has 0 aromatic heterocycles. The Balaban J connectivity index is 1.63. The zero-order chi connectivity index (χ0) is 18.1. The van der Waals surface area contributed by atoms with E-state index < -0.39 is 10.0 Å². The van der Waals surface area contributed by atoms with Gasteiger partial charge < -0.3 is 11.1 Å². The van der Waals surface area contributed by atoms with Gasteiger partial charge >= 0.3 is 0 Å². The van der Waals surface area contributed by atoms with Crippen molar-refractivity contribution in [3.63, 3.8) is 0 Å². The number of nitrogens with two attached hydrogens (primary N) is 1. The van der Waals surface area contributed by atoms with Crippen molar-refractivity contribution in [1.29, 1.82) is 0 Å². The predicted molar refractivity (Wildman–Crippen MR) is 99.6 cm³/mol. The van der Waals surface area contributed by atoms with Crippen LogP contribution in [0.3, 0.4) is 0 Å². The Kier molecular flexibility index (Phi) is 6.97. The molecule has 25 heavy (non-hydrogen) atoms. The van der Waals surface area contributed by atoms with Crippen molar-refractivity contribution in [2.75, 3.05) is 17.6 Å². The fraction of sp³-hybridized carbons (Fsp3) is 0.278. The molecule has 0 bridgehead atoms. The van der Waals surface area contributed by atoms with Crippen molar-refractivity contribution >= 4 is 27.3 Å². The number of nitrogen functional groups attached to an aromatic ring is 1. The minimum Gasteiger partial charge on any atom is -0.397 e. The molecule has 0 aliphatic heterocycles. The number of para-hydroxylation sites is 2. The van der Waals surface area contributed by atoms with E-state index in [2.05, 4.69) is 10.0 Å². The fourth-order valence-electron chi connectivity index (χ4n) is 2.30. The van der Waals surface area contributed by atoms with Crippen molar-refractivity contribution in [2.24, 2.45) is 0 Å². The Morgan fingerprint density at radius 2 is 1.60 bits per heavy atom. The van der Waals surface area contributed by atoms with E-state index in [0.717, 1.165) is 6.42 Å². The summed E-state index contributed by atoms with van der Waals surface area (Å²) in [6.45, 7) is 0.352. The van der Waals surface area contributed by atoms with Gasteiger partial charge in [-0.25, -0.2) is 13.1 Å². The molecule has 0 fully saturated rings. The van der Waals surface area contributed by atoms with E-state index in [0.29, 0.717) is 37.2 Å². The van der Waals surface area contributed by atoms with Crippen LogP contribution in [0.25, 0.3) is 0 Å². The lowest BCUT2D eigenvalue weighted by Crippen LogP contribution is -2.24. The van der Waals surface area contributed by atoms with Crippen molar-refractivity contribution in [2.45, 2.75) is 30.6 Å². The average Bonchev–Trinajstić information content (AvgIpc) is 2.61. The molecule has 134 valence electrons. The summed E-state index contributed by atoms with van der Waals surface area (Å²) in [5.41, 5.74) is 6.92. The maximum Gasteiger partial charge on any atom is 0.240 e. The number of anilines is 2. The average molecular weight is 361 g/mol. The zero-order valence-electron chi connectivity index (χ0n) is 13.9. The van der Waals surface area contributed by atoms with Crippen LogP contribution in [-0.4, -0.2) is 20.9 Å². The number of sulfonamides is 1. The molecule has 0 saturated carbocycles. The molecule has 2 aromatic carbocycles. The molecule has 0 spiro atoms. The largest absolute Gasteiger partial charge is 0.397 e. The van der Waals surface area contributed by atoms with Crippen molar-refractivity contribution in [3.05, 3.63) is 54.6 Å². The molecule has 0 radical (unpaired) electrons. The van der Waals surface area contributed by atoms with E-state index in [1.165, 1.54) is 0 Å². The van der Waals surface area contributed by atoms with E-state index in [1.54, 1.807) is 42.5 Å². The normalized spacial score (nSPS) is 11.2. The third-order valence-corrected chi connectivity index (χ3v) is 5.14. The lowest BCUT2D eigenvalue weighted by molar-refractivity contribution is -0.116. The summed E-state index contributed by atoms with van der Waals surface area (Å²) in [7, 11) is -3.45. The first-order valence-corrected chi connectivity index (χ1v) is 9.66. The van der Waals surface area contributed by atoms with Crippen LogP contribution in [0, 0.1) is 0 Å². The zero-order valence-corrected chi connectivity index (χ0v) is 14.8. The Morgan fingerprint density at radius 3 is 2.32 bits per heavy atom. The molecule has 0 atom stereocenters. The molecule has 2 rings (SSSR count). The second kappa shape index (κ2) is 9.19. The maximum absolute atomic E-state index is 12.0. The van der Waals surface area contributed by atoms with Gasteiger partial charge in [-0.1, -0.05) is 36.8 Å². The number of carbonyl (C=O) groups is 1. The van der Waals surface area contributed by atoms with Gasteiger partial charge in [0, 0.05) is 13.0 Å². The molecule has 2 aromatic rings. The number of rotatable bonds is 9. The number of unbranched alkanes of at least 4 members (excludes halogenated alkanes) is 2. The molecule has 1 amide bonds. The minimum absolute atomic E-state index is 0.0947. The van der Waals surface area contributed by atoms with Gasteiger partial charge in [-0.2, -0.15) is 0 Å². The number of nitrogens with one attached hydrogen (secondary N) is 2. The molecule has 0 aliphatic rings. The van der Waals surface area contributed by atoms with E-state index >= 15 is 0 Å². The number of amides is 1. The van der Waals surface area contributed by atoms with Gasteiger partial charge in [0.25, 0.3) is 0 Å². The fourth-order valence-corrected chi connectivity index (χ4v) is 3.40. The van der Waals surface area contributed by atoms with Gasteiger partial charge in [-0.3, -0.25) is 4.79 Å². The highest BCUT2D eigenvalue weighted by Crippen LogP contribution is 2.17. The van der Waals surface area contributed by atoms with Crippen LogP contribution in [-0.2, 0) is 14.8 Å². The molecule has 0 saturated heterocycles. The minimum atomic E-state index is -3.45. The molecule has 6 nitrogen and oxygen atoms in total. The van der Waals surface area contributed by atoms with Crippen LogP contribution < -0.4 is 15.8 Å². The standard InChI is InChI=1S/C18H23N3O3S/c19-16-11-6-7-12-17(16)21-18(22)13-5-2-8-14-20-25(23,24)15-9-3-1-4-10-15/h1,3-4,6-7,9-12,20H,2,5,8,13-14,19H2,(H,21,22). The van der Waals surface area contributed by atoms with E-state index in [9.17, 15) is 13.2 Å². The van der Waals surface area contributed by atoms with Gasteiger partial charge in [0.2, 0.25) is 15.9 Å². The van der Waals surface area contributed by atoms with Crippen LogP contribution in [0.5, 0.6) is 0 Å². The van der Waals surface area contributed by atoms with Crippen LogP contribution in [0.15, 0.2) is 59.5 Å². The summed E-state index contributed by atoms with van der Waals surface area (Å²) >= 11 is 0. The third kappa shape index (κ3) is 6.21.